The van der Waals surface area contributed by atoms with Crippen molar-refractivity contribution in [2.75, 3.05) is 23.4 Å². The Bertz CT molecular complexity index is 1690. The van der Waals surface area contributed by atoms with E-state index in [4.69, 9.17) is 14.7 Å². The molecule has 0 N–H and O–H groups in total. The third-order valence-corrected chi connectivity index (χ3v) is 7.76. The highest BCUT2D eigenvalue weighted by atomic mass is 16.6. The van der Waals surface area contributed by atoms with Crippen molar-refractivity contribution < 1.29 is 14.3 Å². The van der Waals surface area contributed by atoms with Gasteiger partial charge in [-0.2, -0.15) is 5.10 Å². The molecule has 13 heteroatoms. The van der Waals surface area contributed by atoms with Gasteiger partial charge in [0, 0.05) is 38.3 Å². The van der Waals surface area contributed by atoms with Crippen LogP contribution < -0.4 is 9.80 Å². The molecule has 1 atom stereocenters. The molecule has 6 rings (SSSR count). The summed E-state index contributed by atoms with van der Waals surface area (Å²) in [5, 5.41) is 12.6. The highest BCUT2D eigenvalue weighted by Gasteiger charge is 2.35. The first-order valence-corrected chi connectivity index (χ1v) is 14.4. The van der Waals surface area contributed by atoms with Gasteiger partial charge in [0.25, 0.3) is 5.91 Å². The molecule has 0 spiro atoms. The number of ether oxygens (including phenoxy) is 1. The second kappa shape index (κ2) is 10.8. The maximum Gasteiger partial charge on any atom is 0.410 e. The largest absolute Gasteiger partial charge is 0.444 e. The highest BCUT2D eigenvalue weighted by molar-refractivity contribution is 6.10. The predicted octanol–water partition coefficient (Wildman–Crippen LogP) is 3.97. The van der Waals surface area contributed by atoms with E-state index in [1.165, 1.54) is 4.90 Å². The summed E-state index contributed by atoms with van der Waals surface area (Å²) >= 11 is 0. The van der Waals surface area contributed by atoms with Gasteiger partial charge in [-0.05, 0) is 58.7 Å². The minimum atomic E-state index is -0.627. The number of aromatic nitrogens is 7. The molecule has 13 nitrogen and oxygen atoms in total. The number of carbonyl (C=O) groups excluding carboxylic acids is 2. The molecule has 0 radical (unpaired) electrons. The monoisotopic (exact) mass is 584 g/mol. The minimum absolute atomic E-state index is 0.163. The fourth-order valence-electron chi connectivity index (χ4n) is 5.60. The number of aryl methyl sites for hydroxylation is 1. The molecule has 4 aromatic heterocycles. The van der Waals surface area contributed by atoms with Crippen molar-refractivity contribution in [3.05, 3.63) is 59.7 Å². The summed E-state index contributed by atoms with van der Waals surface area (Å²) in [6, 6.07) is 9.55. The van der Waals surface area contributed by atoms with E-state index in [0.29, 0.717) is 34.6 Å². The van der Waals surface area contributed by atoms with Crippen LogP contribution in [-0.2, 0) is 24.9 Å². The second-order valence-corrected chi connectivity index (χ2v) is 12.1. The van der Waals surface area contributed by atoms with Crippen molar-refractivity contribution in [1.82, 2.24) is 39.4 Å². The Morgan fingerprint density at radius 1 is 1.16 bits per heavy atom. The van der Waals surface area contributed by atoms with Gasteiger partial charge in [-0.3, -0.25) is 18.9 Å². The number of anilines is 2. The molecule has 1 fully saturated rings. The normalized spacial score (nSPS) is 16.6. The van der Waals surface area contributed by atoms with Crippen LogP contribution in [-0.4, -0.2) is 76.6 Å². The Hall–Kier alpha value is -4.81. The quantitative estimate of drug-likeness (QED) is 0.331. The van der Waals surface area contributed by atoms with E-state index in [0.717, 1.165) is 36.6 Å². The summed E-state index contributed by atoms with van der Waals surface area (Å²) in [5.41, 5.74) is 1.96. The lowest BCUT2D eigenvalue weighted by Crippen LogP contribution is -2.34. The molecule has 224 valence electrons. The molecule has 0 aliphatic carbocycles. The van der Waals surface area contributed by atoms with Crippen molar-refractivity contribution in [2.24, 2.45) is 7.05 Å². The fourth-order valence-corrected chi connectivity index (χ4v) is 5.60. The Balaban J connectivity index is 1.35. The van der Waals surface area contributed by atoms with Crippen molar-refractivity contribution >= 4 is 23.6 Å². The summed E-state index contributed by atoms with van der Waals surface area (Å²) < 4.78 is 9.11. The Kier molecular flexibility index (Phi) is 7.10. The van der Waals surface area contributed by atoms with Crippen LogP contribution in [0.3, 0.4) is 0 Å². The van der Waals surface area contributed by atoms with Crippen LogP contribution in [0.4, 0.5) is 16.4 Å². The van der Waals surface area contributed by atoms with Gasteiger partial charge in [0.2, 0.25) is 0 Å². The van der Waals surface area contributed by atoms with E-state index in [2.05, 4.69) is 27.1 Å². The number of rotatable bonds is 6. The molecular weight excluding hydrogens is 548 g/mol. The van der Waals surface area contributed by atoms with Crippen LogP contribution in [0.2, 0.25) is 0 Å². The summed E-state index contributed by atoms with van der Waals surface area (Å²) in [6.07, 6.45) is 4.99. The molecule has 0 aromatic carbocycles. The number of hydrogen-bond donors (Lipinski definition) is 0. The summed E-state index contributed by atoms with van der Waals surface area (Å²) in [5.74, 6) is 2.38. The van der Waals surface area contributed by atoms with Crippen LogP contribution in [0, 0.1) is 0 Å². The van der Waals surface area contributed by atoms with Crippen LogP contribution in [0.1, 0.15) is 62.2 Å². The molecule has 0 saturated carbocycles. The van der Waals surface area contributed by atoms with E-state index >= 15 is 0 Å². The molecule has 4 aromatic rings. The van der Waals surface area contributed by atoms with Crippen LogP contribution >= 0.6 is 0 Å². The third-order valence-electron chi connectivity index (χ3n) is 7.76. The number of nitrogens with zero attached hydrogens (tertiary/aromatic N) is 10. The van der Waals surface area contributed by atoms with E-state index in [1.807, 2.05) is 52.1 Å². The topological polar surface area (TPSA) is 127 Å². The second-order valence-electron chi connectivity index (χ2n) is 12.1. The molecule has 1 saturated heterocycles. The lowest BCUT2D eigenvalue weighted by Gasteiger charge is -2.26. The smallest absolute Gasteiger partial charge is 0.410 e. The molecule has 6 heterocycles. The van der Waals surface area contributed by atoms with Gasteiger partial charge in [-0.25, -0.2) is 14.8 Å². The van der Waals surface area contributed by atoms with Crippen molar-refractivity contribution in [3.63, 3.8) is 0 Å². The minimum Gasteiger partial charge on any atom is -0.444 e. The number of hydrogen-bond acceptors (Lipinski definition) is 9. The Morgan fingerprint density at radius 2 is 1.98 bits per heavy atom. The first-order chi connectivity index (χ1) is 20.5. The number of fused-ring (bicyclic) bond motifs is 1. The molecule has 0 bridgehead atoms. The average Bonchev–Trinajstić information content (AvgIpc) is 3.75. The summed E-state index contributed by atoms with van der Waals surface area (Å²) in [6.45, 7) is 9.02. The van der Waals surface area contributed by atoms with Crippen molar-refractivity contribution in [2.45, 2.75) is 65.3 Å². The van der Waals surface area contributed by atoms with E-state index in [-0.39, 0.29) is 19.0 Å². The molecule has 2 aliphatic heterocycles. The highest BCUT2D eigenvalue weighted by Crippen LogP contribution is 2.35. The molecular formula is C30H36N10O3. The van der Waals surface area contributed by atoms with Crippen LogP contribution in [0.25, 0.3) is 17.3 Å². The zero-order valence-corrected chi connectivity index (χ0v) is 25.4. The van der Waals surface area contributed by atoms with Gasteiger partial charge in [0.05, 0.1) is 30.5 Å². The standard InChI is InChI=1S/C30H36N10O3/c1-19-9-8-14-38(19)25-15-20-21(23(34-25)17-36(5)29(42)43-30(2,3)4)16-39(28(20)41)24-11-7-10-22(33-24)27-35-31-18-40(27)26-12-13-32-37(26)6/h7,10-13,15,18-19H,8-9,14,16-17H2,1-6H3/t19-/m1/s1. The molecule has 2 amide bonds. The van der Waals surface area contributed by atoms with Gasteiger partial charge in [-0.1, -0.05) is 6.07 Å². The zero-order valence-electron chi connectivity index (χ0n) is 25.4. The number of carbonyl (C=O) groups is 2. The van der Waals surface area contributed by atoms with Crippen molar-refractivity contribution in [3.8, 4) is 17.3 Å². The van der Waals surface area contributed by atoms with Gasteiger partial charge in [0.15, 0.2) is 5.82 Å². The average molecular weight is 585 g/mol. The lowest BCUT2D eigenvalue weighted by molar-refractivity contribution is 0.0282. The number of amides is 2. The Labute approximate surface area is 250 Å². The fraction of sp³-hybridized carbons (Fsp3) is 0.433. The number of pyridine rings is 2. The summed E-state index contributed by atoms with van der Waals surface area (Å²) in [7, 11) is 3.53. The van der Waals surface area contributed by atoms with Gasteiger partial charge >= 0.3 is 6.09 Å². The Morgan fingerprint density at radius 3 is 2.67 bits per heavy atom. The van der Waals surface area contributed by atoms with Gasteiger partial charge in [-0.15, -0.1) is 10.2 Å². The maximum atomic E-state index is 14.0. The first kappa shape index (κ1) is 28.3. The maximum absolute atomic E-state index is 14.0. The molecule has 0 unspecified atom stereocenters. The van der Waals surface area contributed by atoms with Gasteiger partial charge < -0.3 is 14.5 Å². The summed E-state index contributed by atoms with van der Waals surface area (Å²) in [4.78, 5) is 42.1. The van der Waals surface area contributed by atoms with E-state index in [1.54, 1.807) is 39.8 Å². The zero-order chi connectivity index (χ0) is 30.5. The molecule has 43 heavy (non-hydrogen) atoms. The predicted molar refractivity (Wildman–Crippen MR) is 160 cm³/mol. The van der Waals surface area contributed by atoms with Crippen LogP contribution in [0.5, 0.6) is 0 Å². The molecule has 2 aliphatic rings. The van der Waals surface area contributed by atoms with Crippen molar-refractivity contribution in [1.29, 1.82) is 0 Å². The first-order valence-electron chi connectivity index (χ1n) is 14.4. The van der Waals surface area contributed by atoms with E-state index < -0.39 is 11.7 Å². The van der Waals surface area contributed by atoms with Gasteiger partial charge in [0.1, 0.15) is 35.1 Å². The SMILES string of the molecule is C[C@@H]1CCCN1c1cc2c(c(CN(C)C(=O)OC(C)(C)C)n1)CN(c1cccc(-c3nncn3-c3ccnn3C)n1)C2=O. The van der Waals surface area contributed by atoms with Crippen LogP contribution in [0.15, 0.2) is 42.9 Å². The van der Waals surface area contributed by atoms with E-state index in [9.17, 15) is 9.59 Å². The lowest BCUT2D eigenvalue weighted by atomic mass is 10.1. The third kappa shape index (κ3) is 5.42.